The summed E-state index contributed by atoms with van der Waals surface area (Å²) in [7, 11) is 3.23. The molecular weight excluding hydrogens is 276 g/mol. The zero-order valence-corrected chi connectivity index (χ0v) is 12.7. The van der Waals surface area contributed by atoms with Gasteiger partial charge in [-0.3, -0.25) is 0 Å². The van der Waals surface area contributed by atoms with Crippen molar-refractivity contribution >= 4 is 23.1 Å². The molecule has 2 aliphatic rings. The zero-order valence-electron chi connectivity index (χ0n) is 11.9. The molecule has 1 fully saturated rings. The van der Waals surface area contributed by atoms with Gasteiger partial charge < -0.3 is 14.4 Å². The molecule has 108 valence electrons. The van der Waals surface area contributed by atoms with Crippen LogP contribution in [0.1, 0.15) is 31.2 Å². The SMILES string of the molecule is COc1c(Cl)cc2c(c1OC)N=C1CCCCCN1C2. The maximum Gasteiger partial charge on any atom is 0.188 e. The second-order valence-corrected chi connectivity index (χ2v) is 5.60. The van der Waals surface area contributed by atoms with E-state index in [2.05, 4.69) is 4.90 Å². The van der Waals surface area contributed by atoms with E-state index in [-0.39, 0.29) is 0 Å². The first-order valence-electron chi connectivity index (χ1n) is 7.00. The molecule has 0 atom stereocenters. The lowest BCUT2D eigenvalue weighted by Gasteiger charge is -2.30. The molecule has 0 unspecified atom stereocenters. The molecule has 0 radical (unpaired) electrons. The van der Waals surface area contributed by atoms with E-state index in [0.717, 1.165) is 36.6 Å². The Morgan fingerprint density at radius 2 is 1.95 bits per heavy atom. The highest BCUT2D eigenvalue weighted by molar-refractivity contribution is 6.32. The Morgan fingerprint density at radius 3 is 2.70 bits per heavy atom. The molecule has 1 aromatic carbocycles. The third kappa shape index (κ3) is 2.22. The lowest BCUT2D eigenvalue weighted by atomic mass is 10.1. The summed E-state index contributed by atoms with van der Waals surface area (Å²) in [4.78, 5) is 7.19. The van der Waals surface area contributed by atoms with E-state index >= 15 is 0 Å². The number of halogens is 1. The van der Waals surface area contributed by atoms with Crippen LogP contribution in [0, 0.1) is 0 Å². The van der Waals surface area contributed by atoms with Gasteiger partial charge in [-0.25, -0.2) is 4.99 Å². The maximum absolute atomic E-state index is 6.28. The topological polar surface area (TPSA) is 34.1 Å². The summed E-state index contributed by atoms with van der Waals surface area (Å²) in [6.07, 6.45) is 4.74. The van der Waals surface area contributed by atoms with E-state index in [0.29, 0.717) is 16.5 Å². The summed E-state index contributed by atoms with van der Waals surface area (Å²) in [5.41, 5.74) is 1.99. The molecular formula is C15H19ClN2O2. The molecule has 0 aromatic heterocycles. The molecule has 0 saturated carbocycles. The molecule has 2 heterocycles. The lowest BCUT2D eigenvalue weighted by Crippen LogP contribution is -2.32. The summed E-state index contributed by atoms with van der Waals surface area (Å²) in [5.74, 6) is 2.38. The van der Waals surface area contributed by atoms with Crippen molar-refractivity contribution in [1.29, 1.82) is 0 Å². The van der Waals surface area contributed by atoms with Crippen LogP contribution >= 0.6 is 11.6 Å². The Bertz CT molecular complexity index is 557. The first-order chi connectivity index (χ1) is 9.74. The third-order valence-electron chi connectivity index (χ3n) is 3.95. The minimum Gasteiger partial charge on any atom is -0.491 e. The van der Waals surface area contributed by atoms with Crippen LogP contribution in [0.25, 0.3) is 0 Å². The highest BCUT2D eigenvalue weighted by Crippen LogP contribution is 2.47. The minimum absolute atomic E-state index is 0.569. The molecule has 20 heavy (non-hydrogen) atoms. The summed E-state index contributed by atoms with van der Waals surface area (Å²) >= 11 is 6.28. The van der Waals surface area contributed by atoms with E-state index in [1.54, 1.807) is 14.2 Å². The van der Waals surface area contributed by atoms with Gasteiger partial charge in [-0.15, -0.1) is 0 Å². The maximum atomic E-state index is 6.28. The Labute approximate surface area is 124 Å². The van der Waals surface area contributed by atoms with E-state index in [1.807, 2.05) is 6.07 Å². The van der Waals surface area contributed by atoms with E-state index in [1.165, 1.54) is 19.3 Å². The number of methoxy groups -OCH3 is 2. The number of nitrogens with zero attached hydrogens (tertiary/aromatic N) is 2. The zero-order chi connectivity index (χ0) is 14.1. The van der Waals surface area contributed by atoms with Crippen LogP contribution < -0.4 is 9.47 Å². The average Bonchev–Trinajstić information content (AvgIpc) is 2.68. The van der Waals surface area contributed by atoms with Crippen molar-refractivity contribution in [2.24, 2.45) is 4.99 Å². The number of benzene rings is 1. The fourth-order valence-corrected chi connectivity index (χ4v) is 3.25. The van der Waals surface area contributed by atoms with Crippen molar-refractivity contribution in [2.75, 3.05) is 20.8 Å². The molecule has 0 spiro atoms. The number of hydrogen-bond acceptors (Lipinski definition) is 4. The highest BCUT2D eigenvalue weighted by atomic mass is 35.5. The molecule has 1 saturated heterocycles. The fourth-order valence-electron chi connectivity index (χ4n) is 2.95. The minimum atomic E-state index is 0.569. The summed E-state index contributed by atoms with van der Waals surface area (Å²) in [6, 6.07) is 1.95. The Morgan fingerprint density at radius 1 is 1.15 bits per heavy atom. The summed E-state index contributed by atoms with van der Waals surface area (Å²) in [5, 5.41) is 0.580. The number of amidine groups is 1. The van der Waals surface area contributed by atoms with Crippen LogP contribution in [0.2, 0.25) is 5.02 Å². The predicted molar refractivity (Wildman–Crippen MR) is 80.5 cm³/mol. The first-order valence-corrected chi connectivity index (χ1v) is 7.38. The van der Waals surface area contributed by atoms with Crippen LogP contribution in [-0.4, -0.2) is 31.5 Å². The number of aliphatic imine (C=N–C) groups is 1. The molecule has 0 bridgehead atoms. The van der Waals surface area contributed by atoms with Crippen LogP contribution in [0.15, 0.2) is 11.1 Å². The second-order valence-electron chi connectivity index (χ2n) is 5.19. The molecule has 3 rings (SSSR count). The molecule has 0 N–H and O–H groups in total. The number of fused-ring (bicyclic) bond motifs is 2. The van der Waals surface area contributed by atoms with Crippen molar-refractivity contribution in [3.8, 4) is 11.5 Å². The molecule has 0 amide bonds. The van der Waals surface area contributed by atoms with Crippen LogP contribution in [0.4, 0.5) is 5.69 Å². The van der Waals surface area contributed by atoms with Gasteiger partial charge in [0.25, 0.3) is 0 Å². The molecule has 0 aliphatic carbocycles. The van der Waals surface area contributed by atoms with Crippen molar-refractivity contribution in [3.05, 3.63) is 16.7 Å². The normalized spacial score (nSPS) is 17.8. The van der Waals surface area contributed by atoms with Crippen molar-refractivity contribution in [2.45, 2.75) is 32.2 Å². The van der Waals surface area contributed by atoms with Crippen LogP contribution in [0.3, 0.4) is 0 Å². The summed E-state index contributed by atoms with van der Waals surface area (Å²) < 4.78 is 10.8. The van der Waals surface area contributed by atoms with Gasteiger partial charge in [0.15, 0.2) is 11.5 Å². The number of hydrogen-bond donors (Lipinski definition) is 0. The van der Waals surface area contributed by atoms with Crippen LogP contribution in [0.5, 0.6) is 11.5 Å². The van der Waals surface area contributed by atoms with Gasteiger partial charge in [0.2, 0.25) is 0 Å². The fraction of sp³-hybridized carbons (Fsp3) is 0.533. The molecule has 5 heteroatoms. The highest BCUT2D eigenvalue weighted by Gasteiger charge is 2.26. The second kappa shape index (κ2) is 5.52. The number of rotatable bonds is 2. The van der Waals surface area contributed by atoms with Gasteiger partial charge in [0.05, 0.1) is 19.2 Å². The van der Waals surface area contributed by atoms with E-state index in [9.17, 15) is 0 Å². The quantitative estimate of drug-likeness (QED) is 0.832. The first kappa shape index (κ1) is 13.6. The monoisotopic (exact) mass is 294 g/mol. The van der Waals surface area contributed by atoms with Crippen molar-refractivity contribution < 1.29 is 9.47 Å². The van der Waals surface area contributed by atoms with Gasteiger partial charge in [-0.2, -0.15) is 0 Å². The van der Waals surface area contributed by atoms with Crippen molar-refractivity contribution in [1.82, 2.24) is 4.90 Å². The Kier molecular flexibility index (Phi) is 3.74. The summed E-state index contributed by atoms with van der Waals surface area (Å²) in [6.45, 7) is 1.93. The largest absolute Gasteiger partial charge is 0.491 e. The predicted octanol–water partition coefficient (Wildman–Crippen LogP) is 3.78. The lowest BCUT2D eigenvalue weighted by molar-refractivity contribution is 0.352. The molecule has 1 aromatic rings. The van der Waals surface area contributed by atoms with Gasteiger partial charge >= 0.3 is 0 Å². The van der Waals surface area contributed by atoms with Crippen LogP contribution in [-0.2, 0) is 6.54 Å². The van der Waals surface area contributed by atoms with Crippen molar-refractivity contribution in [3.63, 3.8) is 0 Å². The third-order valence-corrected chi connectivity index (χ3v) is 4.23. The Balaban J connectivity index is 2.11. The van der Waals surface area contributed by atoms with E-state index < -0.39 is 0 Å². The number of ether oxygens (including phenoxy) is 2. The molecule has 4 nitrogen and oxygen atoms in total. The van der Waals surface area contributed by atoms with E-state index in [4.69, 9.17) is 26.1 Å². The Hall–Kier alpha value is -1.42. The smallest absolute Gasteiger partial charge is 0.188 e. The van der Waals surface area contributed by atoms with Gasteiger partial charge in [0, 0.05) is 25.1 Å². The van der Waals surface area contributed by atoms with Gasteiger partial charge in [0.1, 0.15) is 11.5 Å². The standard InChI is InChI=1S/C15H19ClN2O2/c1-19-14-11(16)8-10-9-18-7-5-3-4-6-12(18)17-13(10)15(14)20-2/h8H,3-7,9H2,1-2H3. The van der Waals surface area contributed by atoms with Gasteiger partial charge in [-0.05, 0) is 18.9 Å². The van der Waals surface area contributed by atoms with Gasteiger partial charge in [-0.1, -0.05) is 18.0 Å². The average molecular weight is 295 g/mol. The molecule has 2 aliphatic heterocycles.